The van der Waals surface area contributed by atoms with Crippen molar-refractivity contribution in [3.8, 4) is 0 Å². The number of likely N-dealkylation sites (N-methyl/N-ethyl adjacent to an activating group) is 2. The van der Waals surface area contributed by atoms with E-state index in [1.54, 1.807) is 0 Å². The van der Waals surface area contributed by atoms with Gasteiger partial charge in [0.1, 0.15) is 0 Å². The molecule has 1 aliphatic carbocycles. The van der Waals surface area contributed by atoms with Crippen LogP contribution >= 0.6 is 0 Å². The summed E-state index contributed by atoms with van der Waals surface area (Å²) in [6.07, 6.45) is 7.13. The molecule has 2 fully saturated rings. The van der Waals surface area contributed by atoms with Crippen LogP contribution in [-0.2, 0) is 0 Å². The quantitative estimate of drug-likeness (QED) is 0.806. The first kappa shape index (κ1) is 14.3. The third-order valence-corrected chi connectivity index (χ3v) is 4.94. The standard InChI is InChI=1S/C15H31N3/c1-4-16-15(13-7-5-6-8-13)11-14-12-17(2)9-10-18(14)3/h13-16H,4-12H2,1-3H3. The lowest BCUT2D eigenvalue weighted by Gasteiger charge is -2.40. The van der Waals surface area contributed by atoms with Crippen molar-refractivity contribution in [2.24, 2.45) is 5.92 Å². The predicted octanol–water partition coefficient (Wildman–Crippen LogP) is 1.79. The topological polar surface area (TPSA) is 18.5 Å². The second kappa shape index (κ2) is 6.88. The highest BCUT2D eigenvalue weighted by molar-refractivity contribution is 4.88. The first-order chi connectivity index (χ1) is 8.70. The van der Waals surface area contributed by atoms with E-state index in [2.05, 4.69) is 36.1 Å². The Morgan fingerprint density at radius 2 is 1.89 bits per heavy atom. The van der Waals surface area contributed by atoms with Crippen molar-refractivity contribution in [2.45, 2.75) is 51.1 Å². The Hall–Kier alpha value is -0.120. The van der Waals surface area contributed by atoms with Gasteiger partial charge in [-0.2, -0.15) is 0 Å². The summed E-state index contributed by atoms with van der Waals surface area (Å²) in [7, 11) is 4.56. The molecule has 0 radical (unpaired) electrons. The molecule has 2 rings (SSSR count). The number of hydrogen-bond acceptors (Lipinski definition) is 3. The Morgan fingerprint density at radius 1 is 1.17 bits per heavy atom. The lowest BCUT2D eigenvalue weighted by molar-refractivity contribution is 0.0947. The molecule has 2 unspecified atom stereocenters. The number of piperazine rings is 1. The SMILES string of the molecule is CCNC(CC1CN(C)CCN1C)C1CCCC1. The highest BCUT2D eigenvalue weighted by Crippen LogP contribution is 2.30. The van der Waals surface area contributed by atoms with Crippen molar-refractivity contribution in [3.63, 3.8) is 0 Å². The molecule has 0 aromatic heterocycles. The van der Waals surface area contributed by atoms with Gasteiger partial charge in [0.25, 0.3) is 0 Å². The summed E-state index contributed by atoms with van der Waals surface area (Å²) in [5, 5.41) is 3.76. The van der Waals surface area contributed by atoms with Crippen LogP contribution in [0.2, 0.25) is 0 Å². The van der Waals surface area contributed by atoms with E-state index in [0.717, 1.165) is 24.5 Å². The van der Waals surface area contributed by atoms with Crippen LogP contribution < -0.4 is 5.32 Å². The van der Waals surface area contributed by atoms with E-state index in [9.17, 15) is 0 Å². The molecule has 0 aromatic rings. The van der Waals surface area contributed by atoms with Crippen molar-refractivity contribution in [2.75, 3.05) is 40.3 Å². The zero-order valence-corrected chi connectivity index (χ0v) is 12.5. The zero-order chi connectivity index (χ0) is 13.0. The minimum atomic E-state index is 0.744. The Bertz CT molecular complexity index is 238. The average Bonchev–Trinajstić information content (AvgIpc) is 2.87. The normalized spacial score (nSPS) is 29.8. The minimum Gasteiger partial charge on any atom is -0.314 e. The maximum Gasteiger partial charge on any atom is 0.0235 e. The highest BCUT2D eigenvalue weighted by atomic mass is 15.3. The number of nitrogens with zero attached hydrogens (tertiary/aromatic N) is 2. The Balaban J connectivity index is 1.89. The second-order valence-corrected chi connectivity index (χ2v) is 6.34. The molecular weight excluding hydrogens is 222 g/mol. The van der Waals surface area contributed by atoms with E-state index in [1.165, 1.54) is 51.7 Å². The van der Waals surface area contributed by atoms with Crippen LogP contribution in [0.25, 0.3) is 0 Å². The molecule has 0 amide bonds. The maximum atomic E-state index is 3.76. The summed E-state index contributed by atoms with van der Waals surface area (Å²) >= 11 is 0. The lowest BCUT2D eigenvalue weighted by atomic mass is 9.91. The first-order valence-electron chi connectivity index (χ1n) is 7.83. The van der Waals surface area contributed by atoms with Gasteiger partial charge in [0.2, 0.25) is 0 Å². The monoisotopic (exact) mass is 253 g/mol. The van der Waals surface area contributed by atoms with Crippen molar-refractivity contribution >= 4 is 0 Å². The van der Waals surface area contributed by atoms with Crippen molar-refractivity contribution < 1.29 is 0 Å². The van der Waals surface area contributed by atoms with Gasteiger partial charge in [0, 0.05) is 31.7 Å². The van der Waals surface area contributed by atoms with Gasteiger partial charge in [-0.1, -0.05) is 19.8 Å². The Morgan fingerprint density at radius 3 is 2.56 bits per heavy atom. The van der Waals surface area contributed by atoms with E-state index < -0.39 is 0 Å². The fourth-order valence-electron chi connectivity index (χ4n) is 3.71. The number of nitrogens with one attached hydrogen (secondary N) is 1. The van der Waals surface area contributed by atoms with Crippen molar-refractivity contribution in [1.29, 1.82) is 0 Å². The van der Waals surface area contributed by atoms with Crippen LogP contribution in [0, 0.1) is 5.92 Å². The van der Waals surface area contributed by atoms with Crippen molar-refractivity contribution in [3.05, 3.63) is 0 Å². The van der Waals surface area contributed by atoms with Crippen LogP contribution in [0.5, 0.6) is 0 Å². The Kier molecular flexibility index (Phi) is 5.46. The van der Waals surface area contributed by atoms with Gasteiger partial charge >= 0.3 is 0 Å². The molecule has 2 aliphatic rings. The van der Waals surface area contributed by atoms with Gasteiger partial charge in [0.05, 0.1) is 0 Å². The molecule has 1 aliphatic heterocycles. The van der Waals surface area contributed by atoms with E-state index in [0.29, 0.717) is 0 Å². The molecule has 106 valence electrons. The third-order valence-electron chi connectivity index (χ3n) is 4.94. The molecule has 1 saturated carbocycles. The molecule has 3 nitrogen and oxygen atoms in total. The van der Waals surface area contributed by atoms with Gasteiger partial charge in [0.15, 0.2) is 0 Å². The van der Waals surface area contributed by atoms with Crippen LogP contribution in [0.3, 0.4) is 0 Å². The van der Waals surface area contributed by atoms with Crippen molar-refractivity contribution in [1.82, 2.24) is 15.1 Å². The molecule has 2 atom stereocenters. The van der Waals surface area contributed by atoms with Crippen LogP contribution in [0.4, 0.5) is 0 Å². The second-order valence-electron chi connectivity index (χ2n) is 6.34. The fourth-order valence-corrected chi connectivity index (χ4v) is 3.71. The third kappa shape index (κ3) is 3.69. The summed E-state index contributed by atoms with van der Waals surface area (Å²) in [5.41, 5.74) is 0. The zero-order valence-electron chi connectivity index (χ0n) is 12.5. The van der Waals surface area contributed by atoms with Gasteiger partial charge in [-0.3, -0.25) is 0 Å². The van der Waals surface area contributed by atoms with E-state index in [4.69, 9.17) is 0 Å². The molecule has 3 heteroatoms. The first-order valence-corrected chi connectivity index (χ1v) is 7.83. The molecule has 18 heavy (non-hydrogen) atoms. The summed E-state index contributed by atoms with van der Waals surface area (Å²) in [6, 6.07) is 1.49. The molecule has 1 heterocycles. The molecule has 1 saturated heterocycles. The summed E-state index contributed by atoms with van der Waals surface area (Å²) in [6.45, 7) is 7.06. The Labute approximate surface area is 113 Å². The lowest BCUT2D eigenvalue weighted by Crippen LogP contribution is -2.53. The molecular formula is C15H31N3. The van der Waals surface area contributed by atoms with E-state index in [1.807, 2.05) is 0 Å². The fraction of sp³-hybridized carbons (Fsp3) is 1.00. The highest BCUT2D eigenvalue weighted by Gasteiger charge is 2.30. The van der Waals surface area contributed by atoms with Gasteiger partial charge in [-0.25, -0.2) is 0 Å². The molecule has 1 N–H and O–H groups in total. The summed E-state index contributed by atoms with van der Waals surface area (Å²) < 4.78 is 0. The minimum absolute atomic E-state index is 0.744. The number of rotatable bonds is 5. The van der Waals surface area contributed by atoms with Gasteiger partial charge < -0.3 is 15.1 Å². The largest absolute Gasteiger partial charge is 0.314 e. The molecule has 0 spiro atoms. The average molecular weight is 253 g/mol. The maximum absolute atomic E-state index is 3.76. The predicted molar refractivity (Wildman–Crippen MR) is 78.0 cm³/mol. The smallest absolute Gasteiger partial charge is 0.0235 e. The van der Waals surface area contributed by atoms with Crippen LogP contribution in [0.15, 0.2) is 0 Å². The van der Waals surface area contributed by atoms with Gasteiger partial charge in [-0.15, -0.1) is 0 Å². The van der Waals surface area contributed by atoms with E-state index in [-0.39, 0.29) is 0 Å². The summed E-state index contributed by atoms with van der Waals surface area (Å²) in [4.78, 5) is 5.06. The number of hydrogen-bond donors (Lipinski definition) is 1. The van der Waals surface area contributed by atoms with Gasteiger partial charge in [-0.05, 0) is 45.8 Å². The molecule has 0 bridgehead atoms. The van der Waals surface area contributed by atoms with E-state index >= 15 is 0 Å². The molecule has 0 aromatic carbocycles. The summed E-state index contributed by atoms with van der Waals surface area (Å²) in [5.74, 6) is 0.936. The van der Waals surface area contributed by atoms with Crippen LogP contribution in [0.1, 0.15) is 39.0 Å². The van der Waals surface area contributed by atoms with Crippen LogP contribution in [-0.4, -0.2) is 62.2 Å².